The van der Waals surface area contributed by atoms with Crippen molar-refractivity contribution < 1.29 is 19.1 Å². The van der Waals surface area contributed by atoms with Crippen LogP contribution >= 0.6 is 0 Å². The Bertz CT molecular complexity index is 966. The summed E-state index contributed by atoms with van der Waals surface area (Å²) in [5, 5.41) is 6.81. The number of nitrogens with zero attached hydrogens (tertiary/aromatic N) is 3. The molecule has 3 aromatic rings. The fourth-order valence-corrected chi connectivity index (χ4v) is 2.77. The zero-order chi connectivity index (χ0) is 20.1. The third-order valence-corrected chi connectivity index (χ3v) is 4.30. The van der Waals surface area contributed by atoms with Crippen molar-refractivity contribution in [2.24, 2.45) is 0 Å². The Kier molecular flexibility index (Phi) is 5.78. The van der Waals surface area contributed by atoms with Crippen molar-refractivity contribution in [3.63, 3.8) is 0 Å². The monoisotopic (exact) mass is 382 g/mol. The van der Waals surface area contributed by atoms with Crippen molar-refractivity contribution >= 4 is 17.3 Å². The summed E-state index contributed by atoms with van der Waals surface area (Å²) in [6, 6.07) is 12.7. The lowest BCUT2D eigenvalue weighted by atomic mass is 10.2. The van der Waals surface area contributed by atoms with Crippen LogP contribution in [0.15, 0.2) is 48.7 Å². The summed E-state index contributed by atoms with van der Waals surface area (Å²) in [6.45, 7) is 0.264. The highest BCUT2D eigenvalue weighted by atomic mass is 16.5. The third-order valence-electron chi connectivity index (χ3n) is 4.30. The first-order valence-electron chi connectivity index (χ1n) is 8.69. The van der Waals surface area contributed by atoms with Crippen LogP contribution in [-0.2, 0) is 11.3 Å². The summed E-state index contributed by atoms with van der Waals surface area (Å²) in [6.07, 6.45) is 1.76. The first-order valence-corrected chi connectivity index (χ1v) is 8.69. The summed E-state index contributed by atoms with van der Waals surface area (Å²) in [5.41, 5.74) is 1.96. The first kappa shape index (κ1) is 19.2. The predicted octanol–water partition coefficient (Wildman–Crippen LogP) is 1.74. The van der Waals surface area contributed by atoms with Crippen molar-refractivity contribution in [3.05, 3.63) is 59.9 Å². The summed E-state index contributed by atoms with van der Waals surface area (Å²) in [7, 11) is 4.81. The SMILES string of the molecule is COc1ccc(CN(C)C(=O)CNC(=O)c2cc3ccccn3n2)cc1OC. The average Bonchev–Trinajstić information content (AvgIpc) is 3.15. The smallest absolute Gasteiger partial charge is 0.272 e. The average molecular weight is 382 g/mol. The minimum Gasteiger partial charge on any atom is -0.493 e. The highest BCUT2D eigenvalue weighted by molar-refractivity contribution is 5.95. The van der Waals surface area contributed by atoms with Gasteiger partial charge in [0.2, 0.25) is 5.91 Å². The van der Waals surface area contributed by atoms with E-state index in [0.717, 1.165) is 11.1 Å². The summed E-state index contributed by atoms with van der Waals surface area (Å²) in [4.78, 5) is 26.2. The zero-order valence-electron chi connectivity index (χ0n) is 16.0. The fourth-order valence-electron chi connectivity index (χ4n) is 2.77. The number of fused-ring (bicyclic) bond motifs is 1. The fraction of sp³-hybridized carbons (Fsp3) is 0.250. The number of amides is 2. The number of ether oxygens (including phenoxy) is 2. The number of pyridine rings is 1. The molecule has 1 aromatic carbocycles. The van der Waals surface area contributed by atoms with Gasteiger partial charge in [-0.1, -0.05) is 12.1 Å². The van der Waals surface area contributed by atoms with E-state index in [-0.39, 0.29) is 18.1 Å². The van der Waals surface area contributed by atoms with Gasteiger partial charge >= 0.3 is 0 Å². The number of carbonyl (C=O) groups excluding carboxylic acids is 2. The van der Waals surface area contributed by atoms with Crippen LogP contribution in [0.1, 0.15) is 16.1 Å². The van der Waals surface area contributed by atoms with E-state index in [0.29, 0.717) is 18.0 Å². The Hall–Kier alpha value is -3.55. The molecule has 0 aliphatic carbocycles. The van der Waals surface area contributed by atoms with Gasteiger partial charge in [0.05, 0.1) is 26.3 Å². The van der Waals surface area contributed by atoms with E-state index in [1.807, 2.05) is 30.3 Å². The normalized spacial score (nSPS) is 10.5. The van der Waals surface area contributed by atoms with Gasteiger partial charge in [0, 0.05) is 19.8 Å². The third kappa shape index (κ3) is 4.22. The Labute approximate surface area is 162 Å². The van der Waals surface area contributed by atoms with Crippen LogP contribution in [0.5, 0.6) is 11.5 Å². The molecule has 0 saturated heterocycles. The molecular formula is C20H22N4O4. The van der Waals surface area contributed by atoms with Crippen LogP contribution in [-0.4, -0.2) is 54.1 Å². The number of hydrogen-bond acceptors (Lipinski definition) is 5. The van der Waals surface area contributed by atoms with Crippen molar-refractivity contribution in [3.8, 4) is 11.5 Å². The van der Waals surface area contributed by atoms with Crippen LogP contribution in [0.3, 0.4) is 0 Å². The molecule has 0 saturated carbocycles. The molecule has 0 unspecified atom stereocenters. The molecular weight excluding hydrogens is 360 g/mol. The maximum Gasteiger partial charge on any atom is 0.272 e. The Morgan fingerprint density at radius 1 is 1.11 bits per heavy atom. The first-order chi connectivity index (χ1) is 13.5. The van der Waals surface area contributed by atoms with E-state index >= 15 is 0 Å². The number of rotatable bonds is 7. The molecule has 0 aliphatic rings. The molecule has 0 fully saturated rings. The molecule has 3 rings (SSSR count). The molecule has 0 atom stereocenters. The molecule has 28 heavy (non-hydrogen) atoms. The molecule has 0 radical (unpaired) electrons. The molecule has 2 heterocycles. The maximum absolute atomic E-state index is 12.4. The lowest BCUT2D eigenvalue weighted by Gasteiger charge is -2.18. The Balaban J connectivity index is 1.57. The molecule has 0 bridgehead atoms. The zero-order valence-corrected chi connectivity index (χ0v) is 16.0. The number of hydrogen-bond donors (Lipinski definition) is 1. The molecule has 2 aromatic heterocycles. The van der Waals surface area contributed by atoms with E-state index in [9.17, 15) is 9.59 Å². The van der Waals surface area contributed by atoms with Gasteiger partial charge in [-0.25, -0.2) is 4.52 Å². The number of carbonyl (C=O) groups is 2. The van der Waals surface area contributed by atoms with E-state index in [4.69, 9.17) is 9.47 Å². The molecule has 0 aliphatic heterocycles. The summed E-state index contributed by atoms with van der Waals surface area (Å²) in [5.74, 6) is 0.615. The van der Waals surface area contributed by atoms with E-state index in [2.05, 4.69) is 10.4 Å². The van der Waals surface area contributed by atoms with Gasteiger partial charge in [0.1, 0.15) is 0 Å². The van der Waals surface area contributed by atoms with Crippen molar-refractivity contribution in [2.75, 3.05) is 27.8 Å². The standard InChI is InChI=1S/C20H22N4O4/c1-23(13-14-7-8-17(27-2)18(10-14)28-3)19(25)12-21-20(26)16-11-15-6-4-5-9-24(15)22-16/h4-11H,12-13H2,1-3H3,(H,21,26). The maximum atomic E-state index is 12.4. The lowest BCUT2D eigenvalue weighted by molar-refractivity contribution is -0.129. The van der Waals surface area contributed by atoms with Crippen LogP contribution in [0.4, 0.5) is 0 Å². The van der Waals surface area contributed by atoms with Gasteiger partial charge in [0.15, 0.2) is 17.2 Å². The van der Waals surface area contributed by atoms with Gasteiger partial charge in [-0.05, 0) is 35.9 Å². The minimum absolute atomic E-state index is 0.115. The number of likely N-dealkylation sites (N-methyl/N-ethyl adjacent to an activating group) is 1. The van der Waals surface area contributed by atoms with Crippen LogP contribution < -0.4 is 14.8 Å². The molecule has 0 spiro atoms. The number of benzene rings is 1. The molecule has 2 amide bonds. The topological polar surface area (TPSA) is 85.2 Å². The minimum atomic E-state index is -0.392. The summed E-state index contributed by atoms with van der Waals surface area (Å²) < 4.78 is 12.1. The molecule has 8 nitrogen and oxygen atoms in total. The van der Waals surface area contributed by atoms with Crippen LogP contribution in [0.25, 0.3) is 5.52 Å². The van der Waals surface area contributed by atoms with Crippen molar-refractivity contribution in [1.82, 2.24) is 19.8 Å². The highest BCUT2D eigenvalue weighted by Gasteiger charge is 2.15. The summed E-state index contributed by atoms with van der Waals surface area (Å²) >= 11 is 0. The van der Waals surface area contributed by atoms with Gasteiger partial charge in [0.25, 0.3) is 5.91 Å². The number of nitrogens with one attached hydrogen (secondary N) is 1. The van der Waals surface area contributed by atoms with Gasteiger partial charge in [-0.15, -0.1) is 0 Å². The van der Waals surface area contributed by atoms with Gasteiger partial charge in [-0.2, -0.15) is 5.10 Å². The second kappa shape index (κ2) is 8.43. The highest BCUT2D eigenvalue weighted by Crippen LogP contribution is 2.27. The molecule has 1 N–H and O–H groups in total. The largest absolute Gasteiger partial charge is 0.493 e. The second-order valence-electron chi connectivity index (χ2n) is 6.22. The van der Waals surface area contributed by atoms with Gasteiger partial charge in [-0.3, -0.25) is 9.59 Å². The van der Waals surface area contributed by atoms with Crippen LogP contribution in [0, 0.1) is 0 Å². The van der Waals surface area contributed by atoms with Crippen molar-refractivity contribution in [1.29, 1.82) is 0 Å². The number of aromatic nitrogens is 2. The Morgan fingerprint density at radius 2 is 1.89 bits per heavy atom. The number of methoxy groups -OCH3 is 2. The second-order valence-corrected chi connectivity index (χ2v) is 6.22. The lowest BCUT2D eigenvalue weighted by Crippen LogP contribution is -2.38. The van der Waals surface area contributed by atoms with Gasteiger partial charge < -0.3 is 19.7 Å². The molecule has 146 valence electrons. The van der Waals surface area contributed by atoms with Crippen molar-refractivity contribution in [2.45, 2.75) is 6.54 Å². The van der Waals surface area contributed by atoms with Crippen LogP contribution in [0.2, 0.25) is 0 Å². The van der Waals surface area contributed by atoms with E-state index in [1.54, 1.807) is 44.1 Å². The predicted molar refractivity (Wildman–Crippen MR) is 104 cm³/mol. The molecule has 8 heteroatoms. The van der Waals surface area contributed by atoms with E-state index in [1.165, 1.54) is 4.90 Å². The quantitative estimate of drug-likeness (QED) is 0.673. The van der Waals surface area contributed by atoms with E-state index < -0.39 is 5.91 Å². The Morgan fingerprint density at radius 3 is 2.61 bits per heavy atom.